The molecule has 17 heavy (non-hydrogen) atoms. The Hall–Kier alpha value is -1.26. The van der Waals surface area contributed by atoms with Crippen LogP contribution < -0.4 is 11.1 Å². The Kier molecular flexibility index (Phi) is 3.26. The Bertz CT molecular complexity index is 408. The number of benzene rings is 1. The van der Waals surface area contributed by atoms with Gasteiger partial charge in [0.05, 0.1) is 6.10 Å². The van der Waals surface area contributed by atoms with Gasteiger partial charge in [0, 0.05) is 30.9 Å². The summed E-state index contributed by atoms with van der Waals surface area (Å²) in [4.78, 5) is 0. The van der Waals surface area contributed by atoms with Crippen LogP contribution >= 0.6 is 0 Å². The summed E-state index contributed by atoms with van der Waals surface area (Å²) in [7, 11) is 0. The van der Waals surface area contributed by atoms with Crippen molar-refractivity contribution < 1.29 is 9.84 Å². The maximum atomic E-state index is 10.4. The van der Waals surface area contributed by atoms with Crippen molar-refractivity contribution >= 4 is 11.4 Å². The number of aryl methyl sites for hydroxylation is 1. The highest BCUT2D eigenvalue weighted by Gasteiger charge is 2.39. The molecule has 0 spiro atoms. The molecule has 0 aliphatic carbocycles. The first-order valence-corrected chi connectivity index (χ1v) is 5.95. The van der Waals surface area contributed by atoms with Crippen molar-refractivity contribution in [1.82, 2.24) is 0 Å². The van der Waals surface area contributed by atoms with E-state index in [4.69, 9.17) is 10.5 Å². The number of ether oxygens (including phenoxy) is 1. The molecule has 0 radical (unpaired) electrons. The third-order valence-corrected chi connectivity index (χ3v) is 3.51. The predicted molar refractivity (Wildman–Crippen MR) is 69.1 cm³/mol. The molecule has 1 aromatic carbocycles. The number of nitrogen functional groups attached to an aromatic ring is 1. The molecule has 4 heteroatoms. The molecule has 0 saturated carbocycles. The molecule has 2 rings (SSSR count). The molecule has 4 nitrogen and oxygen atoms in total. The van der Waals surface area contributed by atoms with Gasteiger partial charge in [-0.1, -0.05) is 6.07 Å². The minimum absolute atomic E-state index is 0.128. The first-order chi connectivity index (χ1) is 8.01. The molecular weight excluding hydrogens is 216 g/mol. The van der Waals surface area contributed by atoms with E-state index >= 15 is 0 Å². The van der Waals surface area contributed by atoms with Gasteiger partial charge >= 0.3 is 0 Å². The minimum Gasteiger partial charge on any atom is -0.399 e. The van der Waals surface area contributed by atoms with Gasteiger partial charge < -0.3 is 20.9 Å². The first-order valence-electron chi connectivity index (χ1n) is 5.95. The summed E-state index contributed by atoms with van der Waals surface area (Å²) in [5, 5.41) is 13.6. The Morgan fingerprint density at radius 1 is 1.59 bits per heavy atom. The summed E-state index contributed by atoms with van der Waals surface area (Å²) >= 11 is 0. The van der Waals surface area contributed by atoms with Crippen LogP contribution in [0.3, 0.4) is 0 Å². The molecule has 1 heterocycles. The normalized spacial score (nSPS) is 28.3. The summed E-state index contributed by atoms with van der Waals surface area (Å²) < 4.78 is 5.40. The molecule has 1 aliphatic rings. The third-order valence-electron chi connectivity index (χ3n) is 3.51. The lowest BCUT2D eigenvalue weighted by molar-refractivity contribution is -0.0175. The van der Waals surface area contributed by atoms with Crippen LogP contribution in [0.2, 0.25) is 0 Å². The van der Waals surface area contributed by atoms with Crippen LogP contribution in [-0.2, 0) is 4.74 Å². The maximum absolute atomic E-state index is 10.4. The molecule has 94 valence electrons. The fraction of sp³-hybridized carbons (Fsp3) is 0.538. The van der Waals surface area contributed by atoms with E-state index < -0.39 is 5.60 Å². The molecular formula is C13H20N2O2. The Balaban J connectivity index is 2.04. The topological polar surface area (TPSA) is 67.5 Å². The number of hydrogen-bond donors (Lipinski definition) is 3. The van der Waals surface area contributed by atoms with Crippen LogP contribution in [0.15, 0.2) is 18.2 Å². The van der Waals surface area contributed by atoms with Crippen LogP contribution in [0.25, 0.3) is 0 Å². The monoisotopic (exact) mass is 236 g/mol. The number of nitrogens with one attached hydrogen (secondary N) is 1. The van der Waals surface area contributed by atoms with Gasteiger partial charge in [-0.05, 0) is 31.5 Å². The molecule has 0 bridgehead atoms. The largest absolute Gasteiger partial charge is 0.399 e. The average molecular weight is 236 g/mol. The number of anilines is 2. The summed E-state index contributed by atoms with van der Waals surface area (Å²) in [6.07, 6.45) is 0.541. The zero-order valence-corrected chi connectivity index (χ0v) is 10.4. The van der Waals surface area contributed by atoms with Gasteiger partial charge in [0.15, 0.2) is 0 Å². The second kappa shape index (κ2) is 4.55. The van der Waals surface area contributed by atoms with Gasteiger partial charge in [-0.3, -0.25) is 0 Å². The lowest BCUT2D eigenvalue weighted by Gasteiger charge is -2.27. The maximum Gasteiger partial charge on any atom is 0.110 e. The fourth-order valence-corrected chi connectivity index (χ4v) is 2.08. The minimum atomic E-state index is -0.781. The second-order valence-electron chi connectivity index (χ2n) is 4.79. The van der Waals surface area contributed by atoms with Crippen molar-refractivity contribution in [1.29, 1.82) is 0 Å². The average Bonchev–Trinajstić information content (AvgIpc) is 2.61. The van der Waals surface area contributed by atoms with Crippen molar-refractivity contribution in [3.63, 3.8) is 0 Å². The van der Waals surface area contributed by atoms with Gasteiger partial charge in [0.25, 0.3) is 0 Å². The van der Waals surface area contributed by atoms with Crippen molar-refractivity contribution in [2.45, 2.75) is 32.0 Å². The number of aliphatic hydroxyl groups is 1. The van der Waals surface area contributed by atoms with E-state index in [0.717, 1.165) is 16.9 Å². The highest BCUT2D eigenvalue weighted by molar-refractivity contribution is 5.59. The van der Waals surface area contributed by atoms with Gasteiger partial charge in [-0.2, -0.15) is 0 Å². The first kappa shape index (κ1) is 12.2. The van der Waals surface area contributed by atoms with Crippen molar-refractivity contribution in [3.05, 3.63) is 23.8 Å². The Morgan fingerprint density at radius 3 is 3.00 bits per heavy atom. The standard InChI is InChI=1S/C13H20N2O2/c1-9-3-4-11(14)7-12(9)15-8-13(16)5-6-17-10(13)2/h3-4,7,10,15-16H,5-6,8,14H2,1-2H3. The Morgan fingerprint density at radius 2 is 2.35 bits per heavy atom. The summed E-state index contributed by atoms with van der Waals surface area (Å²) in [6.45, 7) is 5.02. The second-order valence-corrected chi connectivity index (χ2v) is 4.79. The van der Waals surface area contributed by atoms with E-state index in [1.165, 1.54) is 0 Å². The quantitative estimate of drug-likeness (QED) is 0.696. The lowest BCUT2D eigenvalue weighted by atomic mass is 9.96. The molecule has 0 amide bonds. The highest BCUT2D eigenvalue weighted by atomic mass is 16.5. The summed E-state index contributed by atoms with van der Waals surface area (Å²) in [5.74, 6) is 0. The van der Waals surface area contributed by atoms with Crippen LogP contribution in [0.4, 0.5) is 11.4 Å². The SMILES string of the molecule is Cc1ccc(N)cc1NCC1(O)CCOC1C. The predicted octanol–water partition coefficient (Wildman–Crippen LogP) is 1.53. The Labute approximate surface area is 102 Å². The third kappa shape index (κ3) is 2.53. The van der Waals surface area contributed by atoms with Crippen molar-refractivity contribution in [2.75, 3.05) is 24.2 Å². The van der Waals surface area contributed by atoms with Crippen LogP contribution in [0, 0.1) is 6.92 Å². The zero-order valence-electron chi connectivity index (χ0n) is 10.4. The molecule has 1 aliphatic heterocycles. The zero-order chi connectivity index (χ0) is 12.5. The van der Waals surface area contributed by atoms with Gasteiger partial charge in [0.2, 0.25) is 0 Å². The molecule has 1 aromatic rings. The summed E-state index contributed by atoms with van der Waals surface area (Å²) in [6, 6.07) is 5.73. The van der Waals surface area contributed by atoms with E-state index in [1.807, 2.05) is 32.0 Å². The summed E-state index contributed by atoms with van der Waals surface area (Å²) in [5.41, 5.74) is 7.78. The molecule has 2 unspecified atom stereocenters. The number of nitrogens with two attached hydrogens (primary N) is 1. The van der Waals surface area contributed by atoms with Crippen molar-refractivity contribution in [3.8, 4) is 0 Å². The van der Waals surface area contributed by atoms with E-state index in [1.54, 1.807) is 0 Å². The van der Waals surface area contributed by atoms with E-state index in [2.05, 4.69) is 5.32 Å². The fourth-order valence-electron chi connectivity index (χ4n) is 2.08. The van der Waals surface area contributed by atoms with Crippen LogP contribution in [0.5, 0.6) is 0 Å². The molecule has 2 atom stereocenters. The lowest BCUT2D eigenvalue weighted by Crippen LogP contribution is -2.43. The molecule has 0 aromatic heterocycles. The van der Waals surface area contributed by atoms with Crippen LogP contribution in [-0.4, -0.2) is 30.0 Å². The van der Waals surface area contributed by atoms with E-state index in [0.29, 0.717) is 19.6 Å². The molecule has 1 saturated heterocycles. The smallest absolute Gasteiger partial charge is 0.110 e. The molecule has 1 fully saturated rings. The number of rotatable bonds is 3. The van der Waals surface area contributed by atoms with Crippen molar-refractivity contribution in [2.24, 2.45) is 0 Å². The van der Waals surface area contributed by atoms with Gasteiger partial charge in [-0.25, -0.2) is 0 Å². The highest BCUT2D eigenvalue weighted by Crippen LogP contribution is 2.27. The van der Waals surface area contributed by atoms with Gasteiger partial charge in [-0.15, -0.1) is 0 Å². The number of hydrogen-bond acceptors (Lipinski definition) is 4. The van der Waals surface area contributed by atoms with Gasteiger partial charge in [0.1, 0.15) is 5.60 Å². The van der Waals surface area contributed by atoms with E-state index in [-0.39, 0.29) is 6.10 Å². The molecule has 4 N–H and O–H groups in total. The van der Waals surface area contributed by atoms with E-state index in [9.17, 15) is 5.11 Å². The van der Waals surface area contributed by atoms with Crippen LogP contribution in [0.1, 0.15) is 18.9 Å².